The van der Waals surface area contributed by atoms with Gasteiger partial charge < -0.3 is 8.94 Å². The molecule has 0 aliphatic rings. The molecular formula is C17H19N3O3S. The van der Waals surface area contributed by atoms with Gasteiger partial charge in [-0.15, -0.1) is 0 Å². The Morgan fingerprint density at radius 2 is 2.04 bits per heavy atom. The fraction of sp³-hybridized carbons (Fsp3) is 0.353. The van der Waals surface area contributed by atoms with Crippen molar-refractivity contribution >= 4 is 10.8 Å². The first kappa shape index (κ1) is 16.6. The van der Waals surface area contributed by atoms with Crippen LogP contribution in [0, 0.1) is 0 Å². The minimum Gasteiger partial charge on any atom is -0.439 e. The lowest BCUT2D eigenvalue weighted by atomic mass is 10.2. The summed E-state index contributed by atoms with van der Waals surface area (Å²) in [7, 11) is -1.24. The molecule has 6 nitrogen and oxygen atoms in total. The molecule has 0 aliphatic carbocycles. The monoisotopic (exact) mass is 345 g/mol. The SMILES string of the molecule is CCCc1nc(C[S@](=O)[C@@H](C)c2ncc(-c3ccccc3)o2)no1. The Bertz CT molecular complexity index is 813. The zero-order valence-corrected chi connectivity index (χ0v) is 14.5. The van der Waals surface area contributed by atoms with Crippen LogP contribution in [0.2, 0.25) is 0 Å². The van der Waals surface area contributed by atoms with Crippen molar-refractivity contribution in [3.8, 4) is 11.3 Å². The van der Waals surface area contributed by atoms with Crippen molar-refractivity contribution in [2.24, 2.45) is 0 Å². The number of rotatable bonds is 7. The van der Waals surface area contributed by atoms with Crippen LogP contribution < -0.4 is 0 Å². The number of nitrogens with zero attached hydrogens (tertiary/aromatic N) is 3. The first-order valence-electron chi connectivity index (χ1n) is 7.87. The van der Waals surface area contributed by atoms with Crippen molar-refractivity contribution in [2.75, 3.05) is 0 Å². The van der Waals surface area contributed by atoms with Crippen LogP contribution in [-0.4, -0.2) is 19.3 Å². The number of hydrogen-bond donors (Lipinski definition) is 0. The molecule has 2 aromatic heterocycles. The van der Waals surface area contributed by atoms with Crippen LogP contribution in [0.5, 0.6) is 0 Å². The molecule has 0 aliphatic heterocycles. The maximum absolute atomic E-state index is 12.5. The molecule has 24 heavy (non-hydrogen) atoms. The summed E-state index contributed by atoms with van der Waals surface area (Å²) in [6.45, 7) is 3.86. The zero-order chi connectivity index (χ0) is 16.9. The van der Waals surface area contributed by atoms with Gasteiger partial charge in [-0.3, -0.25) is 4.21 Å². The van der Waals surface area contributed by atoms with Gasteiger partial charge in [-0.1, -0.05) is 42.4 Å². The molecule has 2 heterocycles. The zero-order valence-electron chi connectivity index (χ0n) is 13.6. The van der Waals surface area contributed by atoms with Gasteiger partial charge in [-0.05, 0) is 13.3 Å². The van der Waals surface area contributed by atoms with Crippen molar-refractivity contribution in [1.29, 1.82) is 0 Å². The van der Waals surface area contributed by atoms with Crippen LogP contribution in [-0.2, 0) is 23.0 Å². The summed E-state index contributed by atoms with van der Waals surface area (Å²) in [5.74, 6) is 2.37. The molecule has 0 radical (unpaired) electrons. The van der Waals surface area contributed by atoms with E-state index in [4.69, 9.17) is 8.94 Å². The second-order valence-electron chi connectivity index (χ2n) is 5.45. The predicted octanol–water partition coefficient (Wildman–Crippen LogP) is 3.69. The van der Waals surface area contributed by atoms with E-state index in [9.17, 15) is 4.21 Å². The van der Waals surface area contributed by atoms with Gasteiger partial charge in [-0.2, -0.15) is 4.98 Å². The third-order valence-corrected chi connectivity index (χ3v) is 5.10. The van der Waals surface area contributed by atoms with Crippen molar-refractivity contribution in [2.45, 2.75) is 37.7 Å². The van der Waals surface area contributed by atoms with Crippen LogP contribution in [0.4, 0.5) is 0 Å². The van der Waals surface area contributed by atoms with Crippen molar-refractivity contribution in [1.82, 2.24) is 15.1 Å². The molecule has 0 amide bonds. The summed E-state index contributed by atoms with van der Waals surface area (Å²) in [6.07, 6.45) is 3.32. The van der Waals surface area contributed by atoms with E-state index < -0.39 is 10.8 Å². The lowest BCUT2D eigenvalue weighted by Gasteiger charge is -2.05. The number of aromatic nitrogens is 3. The minimum atomic E-state index is -1.24. The smallest absolute Gasteiger partial charge is 0.226 e. The van der Waals surface area contributed by atoms with Crippen LogP contribution in [0.15, 0.2) is 45.5 Å². The molecule has 0 bridgehead atoms. The van der Waals surface area contributed by atoms with Gasteiger partial charge in [0.05, 0.1) is 11.9 Å². The Morgan fingerprint density at radius 1 is 1.25 bits per heavy atom. The van der Waals surface area contributed by atoms with Crippen molar-refractivity contribution in [3.63, 3.8) is 0 Å². The first-order chi connectivity index (χ1) is 11.7. The summed E-state index contributed by atoms with van der Waals surface area (Å²) in [6, 6.07) is 9.70. The highest BCUT2D eigenvalue weighted by atomic mass is 32.2. The molecule has 0 spiro atoms. The molecule has 3 aromatic rings. The van der Waals surface area contributed by atoms with E-state index in [1.54, 1.807) is 6.20 Å². The molecule has 0 N–H and O–H groups in total. The standard InChI is InChI=1S/C17H19N3O3S/c1-3-7-16-19-15(20-23-16)11-24(21)12(2)17-18-10-14(22-17)13-8-5-4-6-9-13/h4-6,8-10,12H,3,7,11H2,1-2H3/t12-,24-/m0/s1. The summed E-state index contributed by atoms with van der Waals surface area (Å²) < 4.78 is 23.4. The van der Waals surface area contributed by atoms with E-state index in [1.807, 2.05) is 44.2 Å². The molecule has 0 saturated heterocycles. The fourth-order valence-corrected chi connectivity index (χ4v) is 3.20. The van der Waals surface area contributed by atoms with Crippen LogP contribution in [0.3, 0.4) is 0 Å². The molecule has 0 fully saturated rings. The molecule has 1 aromatic carbocycles. The van der Waals surface area contributed by atoms with Gasteiger partial charge in [0.15, 0.2) is 11.6 Å². The Balaban J connectivity index is 1.68. The van der Waals surface area contributed by atoms with Crippen LogP contribution in [0.25, 0.3) is 11.3 Å². The average molecular weight is 345 g/mol. The van der Waals surface area contributed by atoms with E-state index in [0.29, 0.717) is 23.4 Å². The highest BCUT2D eigenvalue weighted by molar-refractivity contribution is 7.84. The lowest BCUT2D eigenvalue weighted by molar-refractivity contribution is 0.373. The second-order valence-corrected chi connectivity index (χ2v) is 7.21. The van der Waals surface area contributed by atoms with Crippen molar-refractivity contribution in [3.05, 3.63) is 54.1 Å². The number of oxazole rings is 1. The van der Waals surface area contributed by atoms with E-state index in [1.165, 1.54) is 0 Å². The maximum atomic E-state index is 12.5. The maximum Gasteiger partial charge on any atom is 0.226 e. The lowest BCUT2D eigenvalue weighted by Crippen LogP contribution is -2.06. The summed E-state index contributed by atoms with van der Waals surface area (Å²) in [4.78, 5) is 8.51. The first-order valence-corrected chi connectivity index (χ1v) is 9.25. The Kier molecular flexibility index (Phi) is 5.20. The fourth-order valence-electron chi connectivity index (χ4n) is 2.24. The van der Waals surface area contributed by atoms with Crippen LogP contribution >= 0.6 is 0 Å². The number of benzene rings is 1. The topological polar surface area (TPSA) is 82.0 Å². The van der Waals surface area contributed by atoms with Gasteiger partial charge in [-0.25, -0.2) is 4.98 Å². The minimum absolute atomic E-state index is 0.220. The largest absolute Gasteiger partial charge is 0.439 e. The normalized spacial score (nSPS) is 13.8. The summed E-state index contributed by atoms with van der Waals surface area (Å²) in [5.41, 5.74) is 0.941. The third kappa shape index (κ3) is 3.79. The average Bonchev–Trinajstić information content (AvgIpc) is 3.25. The van der Waals surface area contributed by atoms with Gasteiger partial charge in [0.2, 0.25) is 11.8 Å². The third-order valence-electron chi connectivity index (χ3n) is 3.57. The van der Waals surface area contributed by atoms with Crippen molar-refractivity contribution < 1.29 is 13.1 Å². The molecular weight excluding hydrogens is 326 g/mol. The molecule has 2 atom stereocenters. The molecule has 7 heteroatoms. The van der Waals surface area contributed by atoms with E-state index in [-0.39, 0.29) is 11.0 Å². The van der Waals surface area contributed by atoms with Gasteiger partial charge >= 0.3 is 0 Å². The predicted molar refractivity (Wildman–Crippen MR) is 90.5 cm³/mol. The molecule has 3 rings (SSSR count). The Labute approximate surface area is 142 Å². The highest BCUT2D eigenvalue weighted by Crippen LogP contribution is 2.26. The second kappa shape index (κ2) is 7.53. The van der Waals surface area contributed by atoms with Gasteiger partial charge in [0.1, 0.15) is 5.25 Å². The number of hydrogen-bond acceptors (Lipinski definition) is 6. The number of aryl methyl sites for hydroxylation is 1. The van der Waals surface area contributed by atoms with E-state index in [2.05, 4.69) is 15.1 Å². The van der Waals surface area contributed by atoms with Gasteiger partial charge in [0.25, 0.3) is 0 Å². The van der Waals surface area contributed by atoms with Crippen LogP contribution in [0.1, 0.15) is 43.1 Å². The quantitative estimate of drug-likeness (QED) is 0.649. The molecule has 126 valence electrons. The molecule has 0 saturated carbocycles. The molecule has 0 unspecified atom stereocenters. The summed E-state index contributed by atoms with van der Waals surface area (Å²) in [5, 5.41) is 3.52. The van der Waals surface area contributed by atoms with E-state index >= 15 is 0 Å². The highest BCUT2D eigenvalue weighted by Gasteiger charge is 2.21. The summed E-state index contributed by atoms with van der Waals surface area (Å²) >= 11 is 0. The Hall–Kier alpha value is -2.28. The van der Waals surface area contributed by atoms with E-state index in [0.717, 1.165) is 18.4 Å². The van der Waals surface area contributed by atoms with Gasteiger partial charge in [0, 0.05) is 22.8 Å². The Morgan fingerprint density at radius 3 is 2.79 bits per heavy atom.